The molecule has 3 rings (SSSR count). The van der Waals surface area contributed by atoms with Gasteiger partial charge in [0.1, 0.15) is 5.69 Å². The van der Waals surface area contributed by atoms with E-state index in [0.717, 1.165) is 37.2 Å². The van der Waals surface area contributed by atoms with Gasteiger partial charge in [0.05, 0.1) is 6.42 Å². The molecule has 3 N–H and O–H groups in total. The molecule has 6 nitrogen and oxygen atoms in total. The lowest BCUT2D eigenvalue weighted by molar-refractivity contribution is -0.131. The quantitative estimate of drug-likeness (QED) is 0.864. The third-order valence-electron chi connectivity index (χ3n) is 5.14. The Hall–Kier alpha value is -2.63. The van der Waals surface area contributed by atoms with Crippen LogP contribution in [0, 0.1) is 0 Å². The number of primary amides is 1. The van der Waals surface area contributed by atoms with Crippen molar-refractivity contribution in [2.75, 3.05) is 13.1 Å². The van der Waals surface area contributed by atoms with Crippen molar-refractivity contribution in [2.45, 2.75) is 44.9 Å². The fourth-order valence-corrected chi connectivity index (χ4v) is 3.42. The third-order valence-corrected chi connectivity index (χ3v) is 5.14. The largest absolute Gasteiger partial charge is 0.364 e. The van der Waals surface area contributed by atoms with E-state index in [4.69, 9.17) is 5.73 Å². The van der Waals surface area contributed by atoms with E-state index in [1.54, 1.807) is 6.07 Å². The Morgan fingerprint density at radius 3 is 2.42 bits per heavy atom. The van der Waals surface area contributed by atoms with Gasteiger partial charge in [0, 0.05) is 24.7 Å². The minimum absolute atomic E-state index is 0.170. The molecule has 0 saturated carbocycles. The average molecular weight is 354 g/mol. The second kappa shape index (κ2) is 7.72. The molecule has 2 aromatic rings. The van der Waals surface area contributed by atoms with Gasteiger partial charge in [-0.2, -0.15) is 5.10 Å². The van der Waals surface area contributed by atoms with Gasteiger partial charge in [0.25, 0.3) is 5.91 Å². The number of H-pyrrole nitrogens is 1. The van der Waals surface area contributed by atoms with E-state index in [-0.39, 0.29) is 17.5 Å². The summed E-state index contributed by atoms with van der Waals surface area (Å²) in [6, 6.07) is 10.0. The first-order chi connectivity index (χ1) is 12.4. The molecule has 0 aliphatic carbocycles. The standard InChI is InChI=1S/C20H26N4O2/c1-13(2)15-5-3-14(4-6-15)11-19(25)24-9-7-16(8-10-24)17-12-18(20(21)26)23-22-17/h3-6,12-13,16H,7-11H2,1-2H3,(H2,21,26)(H,22,23). The monoisotopic (exact) mass is 354 g/mol. The summed E-state index contributed by atoms with van der Waals surface area (Å²) in [5, 5.41) is 6.84. The van der Waals surface area contributed by atoms with Crippen LogP contribution in [-0.4, -0.2) is 40.0 Å². The van der Waals surface area contributed by atoms with Crippen LogP contribution in [0.5, 0.6) is 0 Å². The zero-order valence-electron chi connectivity index (χ0n) is 15.4. The highest BCUT2D eigenvalue weighted by Crippen LogP contribution is 2.27. The molecule has 26 heavy (non-hydrogen) atoms. The molecule has 1 aromatic carbocycles. The summed E-state index contributed by atoms with van der Waals surface area (Å²) in [5.74, 6) is 0.424. The highest BCUT2D eigenvalue weighted by molar-refractivity contribution is 5.90. The zero-order valence-corrected chi connectivity index (χ0v) is 15.4. The Balaban J connectivity index is 1.53. The van der Waals surface area contributed by atoms with Crippen LogP contribution < -0.4 is 5.73 Å². The van der Waals surface area contributed by atoms with Crippen LogP contribution in [0.4, 0.5) is 0 Å². The van der Waals surface area contributed by atoms with E-state index < -0.39 is 5.91 Å². The van der Waals surface area contributed by atoms with Gasteiger partial charge in [-0.15, -0.1) is 0 Å². The number of carbonyl (C=O) groups excluding carboxylic acids is 2. The van der Waals surface area contributed by atoms with Crippen molar-refractivity contribution in [3.05, 3.63) is 52.8 Å². The molecule has 138 valence electrons. The molecule has 0 bridgehead atoms. The first-order valence-corrected chi connectivity index (χ1v) is 9.15. The lowest BCUT2D eigenvalue weighted by Gasteiger charge is -2.31. The van der Waals surface area contributed by atoms with Crippen molar-refractivity contribution in [2.24, 2.45) is 5.73 Å². The van der Waals surface area contributed by atoms with Gasteiger partial charge in [-0.3, -0.25) is 14.7 Å². The van der Waals surface area contributed by atoms with Gasteiger partial charge < -0.3 is 10.6 Å². The second-order valence-electron chi connectivity index (χ2n) is 7.30. The molecule has 0 spiro atoms. The fourth-order valence-electron chi connectivity index (χ4n) is 3.42. The van der Waals surface area contributed by atoms with Crippen LogP contribution in [0.1, 0.15) is 65.8 Å². The highest BCUT2D eigenvalue weighted by Gasteiger charge is 2.25. The number of nitrogens with one attached hydrogen (secondary N) is 1. The van der Waals surface area contributed by atoms with Crippen LogP contribution in [0.15, 0.2) is 30.3 Å². The summed E-state index contributed by atoms with van der Waals surface area (Å²) in [6.07, 6.45) is 2.16. The van der Waals surface area contributed by atoms with Crippen LogP contribution in [-0.2, 0) is 11.2 Å². The molecule has 1 fully saturated rings. The zero-order chi connectivity index (χ0) is 18.7. The predicted octanol–water partition coefficient (Wildman–Crippen LogP) is 2.58. The lowest BCUT2D eigenvalue weighted by atomic mass is 9.93. The molecule has 0 radical (unpaired) electrons. The Morgan fingerprint density at radius 2 is 1.88 bits per heavy atom. The van der Waals surface area contributed by atoms with Crippen LogP contribution in [0.25, 0.3) is 0 Å². The van der Waals surface area contributed by atoms with Crippen LogP contribution >= 0.6 is 0 Å². The summed E-state index contributed by atoms with van der Waals surface area (Å²) in [5.41, 5.74) is 8.78. The number of hydrogen-bond acceptors (Lipinski definition) is 3. The number of rotatable bonds is 5. The molecule has 1 aliphatic heterocycles. The molecule has 0 atom stereocenters. The van der Waals surface area contributed by atoms with E-state index in [1.807, 2.05) is 4.90 Å². The number of nitrogens with two attached hydrogens (primary N) is 1. The molecule has 1 aliphatic rings. The third kappa shape index (κ3) is 4.12. The molecule has 0 unspecified atom stereocenters. The van der Waals surface area contributed by atoms with Crippen molar-refractivity contribution in [1.82, 2.24) is 15.1 Å². The van der Waals surface area contributed by atoms with Crippen molar-refractivity contribution in [3.8, 4) is 0 Å². The summed E-state index contributed by atoms with van der Waals surface area (Å²) < 4.78 is 0. The van der Waals surface area contributed by atoms with Crippen LogP contribution in [0.3, 0.4) is 0 Å². The Bertz CT molecular complexity index is 771. The van der Waals surface area contributed by atoms with Crippen molar-refractivity contribution < 1.29 is 9.59 Å². The lowest BCUT2D eigenvalue weighted by Crippen LogP contribution is -2.38. The number of aromatic amines is 1. The van der Waals surface area contributed by atoms with E-state index in [1.165, 1.54) is 5.56 Å². The number of likely N-dealkylation sites (tertiary alicyclic amines) is 1. The predicted molar refractivity (Wildman–Crippen MR) is 99.9 cm³/mol. The number of amides is 2. The molecular formula is C20H26N4O2. The maximum absolute atomic E-state index is 12.6. The van der Waals surface area contributed by atoms with Crippen molar-refractivity contribution >= 4 is 11.8 Å². The molecule has 2 amide bonds. The first-order valence-electron chi connectivity index (χ1n) is 9.15. The molecular weight excluding hydrogens is 328 g/mol. The minimum Gasteiger partial charge on any atom is -0.364 e. The molecule has 1 saturated heterocycles. The van der Waals surface area contributed by atoms with Crippen LogP contribution in [0.2, 0.25) is 0 Å². The first kappa shape index (κ1) is 18.2. The topological polar surface area (TPSA) is 92.1 Å². The van der Waals surface area contributed by atoms with Crippen molar-refractivity contribution in [3.63, 3.8) is 0 Å². The summed E-state index contributed by atoms with van der Waals surface area (Å²) in [4.78, 5) is 25.7. The minimum atomic E-state index is -0.524. The second-order valence-corrected chi connectivity index (χ2v) is 7.30. The number of hydrogen-bond donors (Lipinski definition) is 2. The van der Waals surface area contributed by atoms with Gasteiger partial charge in [-0.25, -0.2) is 0 Å². The number of nitrogens with zero attached hydrogens (tertiary/aromatic N) is 2. The summed E-state index contributed by atoms with van der Waals surface area (Å²) in [6.45, 7) is 5.77. The Kier molecular flexibility index (Phi) is 5.40. The highest BCUT2D eigenvalue weighted by atomic mass is 16.2. The fraction of sp³-hybridized carbons (Fsp3) is 0.450. The molecule has 2 heterocycles. The summed E-state index contributed by atoms with van der Waals surface area (Å²) in [7, 11) is 0. The maximum atomic E-state index is 12.6. The normalized spacial score (nSPS) is 15.4. The number of benzene rings is 1. The SMILES string of the molecule is CC(C)c1ccc(CC(=O)N2CCC(c3cc(C(N)=O)n[nH]3)CC2)cc1. The number of carbonyl (C=O) groups is 2. The van der Waals surface area contributed by atoms with E-state index in [2.05, 4.69) is 48.3 Å². The average Bonchev–Trinajstić information content (AvgIpc) is 3.13. The van der Waals surface area contributed by atoms with Gasteiger partial charge >= 0.3 is 0 Å². The van der Waals surface area contributed by atoms with E-state index in [9.17, 15) is 9.59 Å². The molecule has 1 aromatic heterocycles. The Labute approximate surface area is 153 Å². The smallest absolute Gasteiger partial charge is 0.269 e. The molecule has 6 heteroatoms. The van der Waals surface area contributed by atoms with Crippen molar-refractivity contribution in [1.29, 1.82) is 0 Å². The van der Waals surface area contributed by atoms with Gasteiger partial charge in [0.2, 0.25) is 5.91 Å². The maximum Gasteiger partial charge on any atom is 0.269 e. The number of piperidine rings is 1. The van der Waals surface area contributed by atoms with Gasteiger partial charge in [-0.05, 0) is 36.0 Å². The summed E-state index contributed by atoms with van der Waals surface area (Å²) >= 11 is 0. The number of aromatic nitrogens is 2. The van der Waals surface area contributed by atoms with E-state index in [0.29, 0.717) is 12.3 Å². The van der Waals surface area contributed by atoms with Gasteiger partial charge in [-0.1, -0.05) is 38.1 Å². The van der Waals surface area contributed by atoms with Gasteiger partial charge in [0.15, 0.2) is 0 Å². The van der Waals surface area contributed by atoms with E-state index >= 15 is 0 Å². The Morgan fingerprint density at radius 1 is 1.23 bits per heavy atom.